The number of nitrogens with zero attached hydrogens (tertiary/aromatic N) is 2. The molecule has 1 aliphatic rings. The fourth-order valence-electron chi connectivity index (χ4n) is 1.92. The minimum Gasteiger partial charge on any atom is -0.393 e. The summed E-state index contributed by atoms with van der Waals surface area (Å²) in [6.07, 6.45) is 2.52. The molecule has 1 heterocycles. The molecular formula is C12H24N2O2. The number of amides is 2. The maximum atomic E-state index is 12.0. The Kier molecular flexibility index (Phi) is 5.06. The molecule has 0 bridgehead atoms. The summed E-state index contributed by atoms with van der Waals surface area (Å²) in [4.78, 5) is 15.6. The molecule has 1 N–H and O–H groups in total. The fourth-order valence-corrected chi connectivity index (χ4v) is 1.92. The third-order valence-corrected chi connectivity index (χ3v) is 3.26. The Morgan fingerprint density at radius 1 is 1.50 bits per heavy atom. The molecule has 0 radical (unpaired) electrons. The Labute approximate surface area is 98.2 Å². The van der Waals surface area contributed by atoms with Crippen molar-refractivity contribution in [2.24, 2.45) is 5.92 Å². The van der Waals surface area contributed by atoms with Crippen molar-refractivity contribution in [1.82, 2.24) is 9.80 Å². The van der Waals surface area contributed by atoms with E-state index in [1.165, 1.54) is 0 Å². The van der Waals surface area contributed by atoms with E-state index in [0.29, 0.717) is 13.0 Å². The number of urea groups is 1. The van der Waals surface area contributed by atoms with Crippen LogP contribution in [0.25, 0.3) is 0 Å². The van der Waals surface area contributed by atoms with Gasteiger partial charge in [0.05, 0.1) is 6.10 Å². The van der Waals surface area contributed by atoms with Crippen LogP contribution in [0.5, 0.6) is 0 Å². The van der Waals surface area contributed by atoms with E-state index in [1.807, 2.05) is 11.9 Å². The molecule has 1 saturated heterocycles. The van der Waals surface area contributed by atoms with E-state index in [2.05, 4.69) is 6.92 Å². The lowest BCUT2D eigenvalue weighted by atomic mass is 10.00. The Balaban J connectivity index is 2.32. The van der Waals surface area contributed by atoms with Gasteiger partial charge in [0.15, 0.2) is 0 Å². The summed E-state index contributed by atoms with van der Waals surface area (Å²) in [5, 5.41) is 9.18. The van der Waals surface area contributed by atoms with Gasteiger partial charge in [0.1, 0.15) is 0 Å². The number of rotatable bonds is 3. The summed E-state index contributed by atoms with van der Waals surface area (Å²) in [5.41, 5.74) is 0. The second-order valence-electron chi connectivity index (χ2n) is 5.01. The topological polar surface area (TPSA) is 43.8 Å². The molecule has 94 valence electrons. The number of carbonyl (C=O) groups is 1. The van der Waals surface area contributed by atoms with Crippen molar-refractivity contribution in [3.8, 4) is 0 Å². The number of aliphatic hydroxyl groups excluding tert-OH is 1. The molecule has 0 spiro atoms. The number of aliphatic hydroxyl groups is 1. The normalized spacial score (nSPS) is 19.6. The molecule has 0 aliphatic carbocycles. The van der Waals surface area contributed by atoms with Gasteiger partial charge in [-0.05, 0) is 32.1 Å². The van der Waals surface area contributed by atoms with Crippen LogP contribution in [0.4, 0.5) is 4.79 Å². The lowest BCUT2D eigenvalue weighted by Gasteiger charge is -2.33. The van der Waals surface area contributed by atoms with Crippen LogP contribution in [0.1, 0.15) is 33.1 Å². The van der Waals surface area contributed by atoms with E-state index in [0.717, 1.165) is 31.8 Å². The van der Waals surface area contributed by atoms with Gasteiger partial charge >= 0.3 is 6.03 Å². The second-order valence-corrected chi connectivity index (χ2v) is 5.01. The van der Waals surface area contributed by atoms with Crippen LogP contribution in [0.15, 0.2) is 0 Å². The monoisotopic (exact) mass is 228 g/mol. The maximum Gasteiger partial charge on any atom is 0.319 e. The zero-order valence-electron chi connectivity index (χ0n) is 10.6. The van der Waals surface area contributed by atoms with E-state index < -0.39 is 0 Å². The first-order chi connectivity index (χ1) is 7.50. The third kappa shape index (κ3) is 4.00. The highest BCUT2D eigenvalue weighted by molar-refractivity contribution is 5.74. The van der Waals surface area contributed by atoms with Crippen LogP contribution in [-0.2, 0) is 0 Å². The zero-order chi connectivity index (χ0) is 12.1. The van der Waals surface area contributed by atoms with Crippen LogP contribution in [0.3, 0.4) is 0 Å². The minimum absolute atomic E-state index is 0.104. The Morgan fingerprint density at radius 3 is 2.56 bits per heavy atom. The Morgan fingerprint density at radius 2 is 2.06 bits per heavy atom. The van der Waals surface area contributed by atoms with Gasteiger partial charge in [-0.15, -0.1) is 0 Å². The maximum absolute atomic E-state index is 12.0. The minimum atomic E-state index is -0.336. The predicted molar refractivity (Wildman–Crippen MR) is 64.3 cm³/mol. The highest BCUT2D eigenvalue weighted by Gasteiger charge is 2.22. The van der Waals surface area contributed by atoms with Crippen LogP contribution < -0.4 is 0 Å². The van der Waals surface area contributed by atoms with E-state index in [1.54, 1.807) is 11.8 Å². The molecule has 16 heavy (non-hydrogen) atoms. The smallest absolute Gasteiger partial charge is 0.319 e. The lowest BCUT2D eigenvalue weighted by molar-refractivity contribution is 0.130. The fraction of sp³-hybridized carbons (Fsp3) is 0.917. The van der Waals surface area contributed by atoms with Crippen LogP contribution >= 0.6 is 0 Å². The number of likely N-dealkylation sites (tertiary alicyclic amines) is 1. The molecule has 4 nitrogen and oxygen atoms in total. The summed E-state index contributed by atoms with van der Waals surface area (Å²) in [7, 11) is 1.81. The van der Waals surface area contributed by atoms with Crippen molar-refractivity contribution in [2.75, 3.05) is 26.7 Å². The van der Waals surface area contributed by atoms with Gasteiger partial charge < -0.3 is 14.9 Å². The highest BCUT2D eigenvalue weighted by Crippen LogP contribution is 2.16. The quantitative estimate of drug-likeness (QED) is 0.796. The van der Waals surface area contributed by atoms with E-state index in [9.17, 15) is 9.90 Å². The van der Waals surface area contributed by atoms with E-state index in [4.69, 9.17) is 0 Å². The van der Waals surface area contributed by atoms with Gasteiger partial charge in [-0.2, -0.15) is 0 Å². The number of hydrogen-bond acceptors (Lipinski definition) is 2. The van der Waals surface area contributed by atoms with Crippen LogP contribution in [0.2, 0.25) is 0 Å². The molecule has 1 rings (SSSR count). The van der Waals surface area contributed by atoms with E-state index in [-0.39, 0.29) is 12.1 Å². The van der Waals surface area contributed by atoms with Gasteiger partial charge in [0.25, 0.3) is 0 Å². The summed E-state index contributed by atoms with van der Waals surface area (Å²) in [6.45, 7) is 6.36. The number of hydrogen-bond donors (Lipinski definition) is 1. The first-order valence-corrected chi connectivity index (χ1v) is 6.18. The molecule has 2 amide bonds. The van der Waals surface area contributed by atoms with Crippen molar-refractivity contribution >= 4 is 6.03 Å². The first-order valence-electron chi connectivity index (χ1n) is 6.18. The summed E-state index contributed by atoms with van der Waals surface area (Å²) in [5.74, 6) is 0.742. The summed E-state index contributed by atoms with van der Waals surface area (Å²) < 4.78 is 0. The van der Waals surface area contributed by atoms with Gasteiger partial charge in [-0.25, -0.2) is 4.79 Å². The van der Waals surface area contributed by atoms with Crippen molar-refractivity contribution in [1.29, 1.82) is 0 Å². The molecule has 1 atom stereocenters. The summed E-state index contributed by atoms with van der Waals surface area (Å²) >= 11 is 0. The number of piperidine rings is 1. The highest BCUT2D eigenvalue weighted by atomic mass is 16.3. The van der Waals surface area contributed by atoms with Gasteiger partial charge in [0, 0.05) is 26.7 Å². The van der Waals surface area contributed by atoms with Crippen molar-refractivity contribution in [3.05, 3.63) is 0 Å². The van der Waals surface area contributed by atoms with Crippen molar-refractivity contribution in [3.63, 3.8) is 0 Å². The average Bonchev–Trinajstić information content (AvgIpc) is 2.26. The third-order valence-electron chi connectivity index (χ3n) is 3.26. The van der Waals surface area contributed by atoms with Crippen molar-refractivity contribution < 1.29 is 9.90 Å². The SMILES string of the molecule is CC(O)CCN(C)C(=O)N1CCC(C)CC1. The Bertz CT molecular complexity index is 223. The summed E-state index contributed by atoms with van der Waals surface area (Å²) in [6, 6.07) is 0.104. The molecule has 1 fully saturated rings. The second kappa shape index (κ2) is 6.09. The molecule has 1 unspecified atom stereocenters. The number of carbonyl (C=O) groups excluding carboxylic acids is 1. The van der Waals surface area contributed by atoms with E-state index >= 15 is 0 Å². The largest absolute Gasteiger partial charge is 0.393 e. The molecule has 0 aromatic heterocycles. The van der Waals surface area contributed by atoms with Crippen molar-refractivity contribution in [2.45, 2.75) is 39.2 Å². The molecule has 1 aliphatic heterocycles. The Hall–Kier alpha value is -0.770. The van der Waals surface area contributed by atoms with Crippen LogP contribution in [-0.4, -0.2) is 53.7 Å². The van der Waals surface area contributed by atoms with Gasteiger partial charge in [-0.1, -0.05) is 6.92 Å². The van der Waals surface area contributed by atoms with Crippen LogP contribution in [0, 0.1) is 5.92 Å². The van der Waals surface area contributed by atoms with Gasteiger partial charge in [-0.3, -0.25) is 0 Å². The van der Waals surface area contributed by atoms with Gasteiger partial charge in [0.2, 0.25) is 0 Å². The molecule has 0 saturated carbocycles. The first kappa shape index (κ1) is 13.3. The molecule has 0 aromatic carbocycles. The lowest BCUT2D eigenvalue weighted by Crippen LogP contribution is -2.45. The molecule has 0 aromatic rings. The zero-order valence-corrected chi connectivity index (χ0v) is 10.6. The average molecular weight is 228 g/mol. The predicted octanol–water partition coefficient (Wildman–Crippen LogP) is 1.54. The molecule has 4 heteroatoms. The molecular weight excluding hydrogens is 204 g/mol. The standard InChI is InChI=1S/C12H24N2O2/c1-10-4-8-14(9-5-10)12(16)13(3)7-6-11(2)15/h10-11,15H,4-9H2,1-3H3.